The van der Waals surface area contributed by atoms with Crippen LogP contribution in [0.4, 0.5) is 11.4 Å². The molecular formula is C26H18N2O2Se. The maximum absolute atomic E-state index is 13.9. The van der Waals surface area contributed by atoms with Gasteiger partial charge in [-0.05, 0) is 0 Å². The zero-order chi connectivity index (χ0) is 21.0. The molecule has 6 rings (SSSR count). The van der Waals surface area contributed by atoms with Gasteiger partial charge in [0, 0.05) is 0 Å². The number of fused-ring (bicyclic) bond motifs is 4. The molecule has 0 aromatic heterocycles. The molecule has 4 nitrogen and oxygen atoms in total. The molecule has 0 radical (unpaired) electrons. The minimum absolute atomic E-state index is 0.0489. The van der Waals surface area contributed by atoms with Crippen LogP contribution in [-0.4, -0.2) is 25.1 Å². The van der Waals surface area contributed by atoms with Gasteiger partial charge in [-0.2, -0.15) is 0 Å². The van der Waals surface area contributed by atoms with E-state index in [0.717, 1.165) is 20.3 Å². The average Bonchev–Trinajstić information content (AvgIpc) is 3.24. The van der Waals surface area contributed by atoms with E-state index in [9.17, 15) is 9.59 Å². The number of para-hydroxylation sites is 2. The molecule has 0 unspecified atom stereocenters. The summed E-state index contributed by atoms with van der Waals surface area (Å²) >= 11 is -3.47. The van der Waals surface area contributed by atoms with Gasteiger partial charge in [0.2, 0.25) is 0 Å². The molecule has 0 fully saturated rings. The number of nitrogens with zero attached hydrogens (tertiary/aromatic N) is 2. The Labute approximate surface area is 183 Å². The standard InChI is InChI=1S/C26H18N2O2Se/c29-25-21-15-7-9-17-23(21)31(27(25)19-11-3-1-4-12-19)24-18-10-8-16-22(24)26(30)28(31)20-13-5-2-6-14-20/h1-18H. The zero-order valence-electron chi connectivity index (χ0n) is 16.5. The fourth-order valence-electron chi connectivity index (χ4n) is 4.50. The maximum atomic E-state index is 13.9. The van der Waals surface area contributed by atoms with Crippen molar-refractivity contribution in [3.05, 3.63) is 120 Å². The molecule has 0 saturated carbocycles. The molecule has 31 heavy (non-hydrogen) atoms. The van der Waals surface area contributed by atoms with Crippen molar-refractivity contribution >= 4 is 45.4 Å². The molecule has 5 heteroatoms. The van der Waals surface area contributed by atoms with Gasteiger partial charge in [0.1, 0.15) is 0 Å². The van der Waals surface area contributed by atoms with Gasteiger partial charge >= 0.3 is 183 Å². The summed E-state index contributed by atoms with van der Waals surface area (Å²) in [6.07, 6.45) is 0. The minimum atomic E-state index is -3.47. The summed E-state index contributed by atoms with van der Waals surface area (Å²) < 4.78 is 5.79. The summed E-state index contributed by atoms with van der Waals surface area (Å²) in [5.41, 5.74) is 2.98. The Kier molecular flexibility index (Phi) is 3.90. The van der Waals surface area contributed by atoms with Gasteiger partial charge in [-0.3, -0.25) is 0 Å². The molecule has 0 atom stereocenters. The van der Waals surface area contributed by atoms with Crippen molar-refractivity contribution < 1.29 is 9.59 Å². The predicted molar refractivity (Wildman–Crippen MR) is 124 cm³/mol. The van der Waals surface area contributed by atoms with Crippen molar-refractivity contribution in [2.24, 2.45) is 0 Å². The molecule has 1 spiro atoms. The van der Waals surface area contributed by atoms with Crippen molar-refractivity contribution in [1.29, 1.82) is 0 Å². The van der Waals surface area contributed by atoms with E-state index in [0.29, 0.717) is 11.1 Å². The molecule has 2 amide bonds. The summed E-state index contributed by atoms with van der Waals surface area (Å²) in [6.45, 7) is 0. The number of hydrogen-bond donors (Lipinski definition) is 0. The first-order valence-corrected chi connectivity index (χ1v) is 13.3. The van der Waals surface area contributed by atoms with E-state index in [-0.39, 0.29) is 11.8 Å². The first-order valence-electron chi connectivity index (χ1n) is 10.1. The van der Waals surface area contributed by atoms with Crippen molar-refractivity contribution in [3.8, 4) is 0 Å². The van der Waals surface area contributed by atoms with Gasteiger partial charge in [-0.1, -0.05) is 0 Å². The topological polar surface area (TPSA) is 40.6 Å². The van der Waals surface area contributed by atoms with E-state index in [1.165, 1.54) is 0 Å². The van der Waals surface area contributed by atoms with E-state index in [2.05, 4.69) is 0 Å². The molecule has 0 N–H and O–H groups in total. The molecule has 0 saturated heterocycles. The second-order valence-corrected chi connectivity index (χ2v) is 13.1. The van der Waals surface area contributed by atoms with E-state index in [1.54, 1.807) is 0 Å². The number of carbonyl (C=O) groups is 2. The molecule has 4 aromatic rings. The number of amides is 2. The van der Waals surface area contributed by atoms with Crippen LogP contribution in [0, 0.1) is 0 Å². The van der Waals surface area contributed by atoms with E-state index in [1.807, 2.05) is 117 Å². The summed E-state index contributed by atoms with van der Waals surface area (Å²) in [6, 6.07) is 35.0. The Morgan fingerprint density at radius 2 is 0.806 bits per heavy atom. The van der Waals surface area contributed by atoms with Crippen LogP contribution in [0.1, 0.15) is 20.7 Å². The van der Waals surface area contributed by atoms with Crippen LogP contribution >= 0.6 is 0 Å². The normalized spacial score (nSPS) is 17.0. The van der Waals surface area contributed by atoms with Crippen LogP contribution in [0.2, 0.25) is 0 Å². The Bertz CT molecular complexity index is 1230. The van der Waals surface area contributed by atoms with Crippen molar-refractivity contribution in [2.75, 3.05) is 7.83 Å². The summed E-state index contributed by atoms with van der Waals surface area (Å²) in [5.74, 6) is -0.0977. The number of carbonyl (C=O) groups excluding carboxylic acids is 2. The first-order chi connectivity index (χ1) is 15.2. The van der Waals surface area contributed by atoms with Gasteiger partial charge in [0.15, 0.2) is 0 Å². The van der Waals surface area contributed by atoms with Crippen LogP contribution in [0.5, 0.6) is 0 Å². The van der Waals surface area contributed by atoms with Crippen molar-refractivity contribution in [3.63, 3.8) is 0 Å². The van der Waals surface area contributed by atoms with Gasteiger partial charge in [-0.25, -0.2) is 0 Å². The Hall–Kier alpha value is -3.66. The first kappa shape index (κ1) is 18.1. The molecule has 2 heterocycles. The molecule has 2 aliphatic rings. The quantitative estimate of drug-likeness (QED) is 0.422. The number of hydrogen-bond acceptors (Lipinski definition) is 2. The van der Waals surface area contributed by atoms with Gasteiger partial charge < -0.3 is 0 Å². The van der Waals surface area contributed by atoms with Crippen LogP contribution in [-0.2, 0) is 0 Å². The molecule has 2 aliphatic heterocycles. The fourth-order valence-corrected chi connectivity index (χ4v) is 13.3. The van der Waals surface area contributed by atoms with Crippen molar-refractivity contribution in [2.45, 2.75) is 0 Å². The van der Waals surface area contributed by atoms with E-state index in [4.69, 9.17) is 0 Å². The van der Waals surface area contributed by atoms with Crippen LogP contribution in [0.25, 0.3) is 0 Å². The van der Waals surface area contributed by atoms with Crippen molar-refractivity contribution in [1.82, 2.24) is 0 Å². The second-order valence-electron chi connectivity index (χ2n) is 7.41. The summed E-state index contributed by atoms with van der Waals surface area (Å²) in [5, 5.41) is 0. The van der Waals surface area contributed by atoms with Crippen LogP contribution < -0.4 is 16.8 Å². The zero-order valence-corrected chi connectivity index (χ0v) is 18.2. The molecule has 150 valence electrons. The number of rotatable bonds is 2. The Morgan fingerprint density at radius 1 is 0.452 bits per heavy atom. The number of anilines is 2. The number of benzene rings is 4. The second kappa shape index (κ2) is 6.67. The third-order valence-electron chi connectivity index (χ3n) is 5.73. The third kappa shape index (κ3) is 2.30. The SMILES string of the molecule is O=C1c2ccccc2[Se]2(c3ccccc3C(=O)N2c2ccccc2)N1c1ccccc1. The summed E-state index contributed by atoms with van der Waals surface area (Å²) in [4.78, 5) is 27.8. The van der Waals surface area contributed by atoms with E-state index < -0.39 is 13.3 Å². The average molecular weight is 469 g/mol. The van der Waals surface area contributed by atoms with E-state index >= 15 is 0 Å². The molecule has 0 aliphatic carbocycles. The Balaban J connectivity index is 1.77. The predicted octanol–water partition coefficient (Wildman–Crippen LogP) is 3.56. The van der Waals surface area contributed by atoms with Gasteiger partial charge in [0.25, 0.3) is 0 Å². The van der Waals surface area contributed by atoms with Crippen LogP contribution in [0.3, 0.4) is 0 Å². The third-order valence-corrected chi connectivity index (χ3v) is 13.6. The van der Waals surface area contributed by atoms with Gasteiger partial charge in [0.05, 0.1) is 0 Å². The van der Waals surface area contributed by atoms with Crippen LogP contribution in [0.15, 0.2) is 109 Å². The monoisotopic (exact) mass is 470 g/mol. The molecular weight excluding hydrogens is 451 g/mol. The molecule has 4 aromatic carbocycles. The summed E-state index contributed by atoms with van der Waals surface area (Å²) in [7, 11) is 0. The fraction of sp³-hybridized carbons (Fsp3) is 0. The Morgan fingerprint density at radius 3 is 1.23 bits per heavy atom. The molecule has 0 bridgehead atoms. The van der Waals surface area contributed by atoms with Gasteiger partial charge in [-0.15, -0.1) is 0 Å².